The first-order chi connectivity index (χ1) is 20.7. The van der Waals surface area contributed by atoms with Crippen molar-refractivity contribution in [1.29, 1.82) is 0 Å². The Hall–Kier alpha value is -3.54. The minimum Gasteiger partial charge on any atom is -0.371 e. The van der Waals surface area contributed by atoms with Gasteiger partial charge in [0.15, 0.2) is 0 Å². The van der Waals surface area contributed by atoms with Crippen molar-refractivity contribution in [2.24, 2.45) is 5.92 Å². The number of anilines is 3. The van der Waals surface area contributed by atoms with Gasteiger partial charge in [-0.25, -0.2) is 0 Å². The molecule has 0 aromatic heterocycles. The largest absolute Gasteiger partial charge is 0.391 e. The lowest BCUT2D eigenvalue weighted by Crippen LogP contribution is -2.39. The fourth-order valence-electron chi connectivity index (χ4n) is 4.71. The number of hydrogen-bond acceptors (Lipinski definition) is 4. The molecule has 0 radical (unpaired) electrons. The van der Waals surface area contributed by atoms with Crippen molar-refractivity contribution in [3.63, 3.8) is 0 Å². The SMILES string of the molecule is C=C(C)C(=O)NCc1cc(Cl)c(C(=O)Nc2ccc(C(=O)Nc3ccc(Br)cc3)c(N3CCC(C(F)(F)F)CC3)c2)c(Cl)c1. The van der Waals surface area contributed by atoms with Crippen LogP contribution in [0.4, 0.5) is 30.2 Å². The molecule has 0 aliphatic carbocycles. The molecule has 232 valence electrons. The standard InChI is InChI=1S/C31H28BrCl2F3N4O3/c1-17(2)28(42)38-16-18-13-24(33)27(25(34)14-18)30(44)40-22-7-8-23(29(43)39-21-5-3-20(32)4-6-21)26(15-22)41-11-9-19(10-12-41)31(35,36)37/h3-8,13-15,19H,1,9-12,16H2,2H3,(H,38,42)(H,39,43)(H,40,44). The first-order valence-corrected chi connectivity index (χ1v) is 15.0. The van der Waals surface area contributed by atoms with Gasteiger partial charge in [0.05, 0.1) is 32.8 Å². The van der Waals surface area contributed by atoms with Crippen molar-refractivity contribution in [2.75, 3.05) is 28.6 Å². The topological polar surface area (TPSA) is 90.5 Å². The summed E-state index contributed by atoms with van der Waals surface area (Å²) < 4.78 is 40.9. The van der Waals surface area contributed by atoms with Crippen LogP contribution in [0.15, 0.2) is 71.2 Å². The second-order valence-corrected chi connectivity index (χ2v) is 12.1. The van der Waals surface area contributed by atoms with Crippen LogP contribution in [0, 0.1) is 5.92 Å². The summed E-state index contributed by atoms with van der Waals surface area (Å²) in [6.07, 6.45) is -4.55. The molecule has 1 aliphatic rings. The van der Waals surface area contributed by atoms with Crippen LogP contribution >= 0.6 is 39.1 Å². The molecule has 3 N–H and O–H groups in total. The first kappa shape index (κ1) is 33.4. The Morgan fingerprint density at radius 3 is 2.07 bits per heavy atom. The van der Waals surface area contributed by atoms with E-state index >= 15 is 0 Å². The Bertz CT molecular complexity index is 1570. The highest BCUT2D eigenvalue weighted by Gasteiger charge is 2.41. The van der Waals surface area contributed by atoms with Crippen molar-refractivity contribution in [3.8, 4) is 0 Å². The predicted octanol–water partition coefficient (Wildman–Crippen LogP) is 8.23. The molecule has 44 heavy (non-hydrogen) atoms. The Morgan fingerprint density at radius 1 is 0.932 bits per heavy atom. The van der Waals surface area contributed by atoms with E-state index in [1.807, 2.05) is 0 Å². The van der Waals surface area contributed by atoms with Gasteiger partial charge in [-0.15, -0.1) is 0 Å². The molecular formula is C31H28BrCl2F3N4O3. The van der Waals surface area contributed by atoms with Gasteiger partial charge < -0.3 is 20.9 Å². The van der Waals surface area contributed by atoms with E-state index in [4.69, 9.17) is 23.2 Å². The average molecular weight is 712 g/mol. The van der Waals surface area contributed by atoms with E-state index < -0.39 is 23.9 Å². The summed E-state index contributed by atoms with van der Waals surface area (Å²) >= 11 is 16.1. The number of carbonyl (C=O) groups excluding carboxylic acids is 3. The number of halogens is 6. The van der Waals surface area contributed by atoms with Crippen molar-refractivity contribution >= 4 is 73.9 Å². The molecule has 1 aliphatic heterocycles. The van der Waals surface area contributed by atoms with Crippen molar-refractivity contribution < 1.29 is 27.6 Å². The number of rotatable bonds is 8. The van der Waals surface area contributed by atoms with E-state index in [-0.39, 0.29) is 65.2 Å². The normalized spacial score (nSPS) is 13.8. The van der Waals surface area contributed by atoms with Gasteiger partial charge in [0.25, 0.3) is 11.8 Å². The highest BCUT2D eigenvalue weighted by molar-refractivity contribution is 9.10. The molecule has 3 amide bonds. The Balaban J connectivity index is 1.58. The third-order valence-electron chi connectivity index (χ3n) is 7.07. The van der Waals surface area contributed by atoms with E-state index in [1.54, 1.807) is 42.2 Å². The van der Waals surface area contributed by atoms with Crippen LogP contribution in [-0.4, -0.2) is 37.0 Å². The number of nitrogens with one attached hydrogen (secondary N) is 3. The van der Waals surface area contributed by atoms with Gasteiger partial charge in [-0.2, -0.15) is 13.2 Å². The smallest absolute Gasteiger partial charge is 0.371 e. The van der Waals surface area contributed by atoms with Crippen LogP contribution in [0.5, 0.6) is 0 Å². The molecule has 1 saturated heterocycles. The molecule has 13 heteroatoms. The molecule has 1 heterocycles. The highest BCUT2D eigenvalue weighted by atomic mass is 79.9. The third-order valence-corrected chi connectivity index (χ3v) is 8.20. The number of alkyl halides is 3. The summed E-state index contributed by atoms with van der Waals surface area (Å²) in [5, 5.41) is 8.30. The molecule has 0 spiro atoms. The summed E-state index contributed by atoms with van der Waals surface area (Å²) in [6.45, 7) is 5.40. The third kappa shape index (κ3) is 8.34. The zero-order valence-corrected chi connectivity index (χ0v) is 26.6. The van der Waals surface area contributed by atoms with Crippen molar-refractivity contribution in [3.05, 3.63) is 98.0 Å². The van der Waals surface area contributed by atoms with Crippen LogP contribution in [-0.2, 0) is 11.3 Å². The van der Waals surface area contributed by atoms with Gasteiger partial charge in [-0.05, 0) is 79.9 Å². The lowest BCUT2D eigenvalue weighted by Gasteiger charge is -2.35. The molecule has 3 aromatic carbocycles. The lowest BCUT2D eigenvalue weighted by atomic mass is 9.95. The molecule has 0 atom stereocenters. The zero-order valence-electron chi connectivity index (χ0n) is 23.5. The fraction of sp³-hybridized carbons (Fsp3) is 0.258. The molecule has 3 aromatic rings. The number of amides is 3. The lowest BCUT2D eigenvalue weighted by molar-refractivity contribution is -0.179. The average Bonchev–Trinajstić information content (AvgIpc) is 2.96. The number of benzene rings is 3. The van der Waals surface area contributed by atoms with E-state index in [1.165, 1.54) is 24.3 Å². The summed E-state index contributed by atoms with van der Waals surface area (Å²) in [5.74, 6) is -2.86. The van der Waals surface area contributed by atoms with Gasteiger partial charge in [-0.3, -0.25) is 14.4 Å². The number of piperidine rings is 1. The van der Waals surface area contributed by atoms with Gasteiger partial charge >= 0.3 is 6.18 Å². The van der Waals surface area contributed by atoms with Gasteiger partial charge in [0.1, 0.15) is 0 Å². The second-order valence-electron chi connectivity index (χ2n) is 10.3. The second kappa shape index (κ2) is 14.0. The number of hydrogen-bond donors (Lipinski definition) is 3. The number of nitrogens with zero attached hydrogens (tertiary/aromatic N) is 1. The van der Waals surface area contributed by atoms with Crippen LogP contribution < -0.4 is 20.9 Å². The van der Waals surface area contributed by atoms with Crippen LogP contribution in [0.1, 0.15) is 46.0 Å². The van der Waals surface area contributed by atoms with Crippen LogP contribution in [0.3, 0.4) is 0 Å². The monoisotopic (exact) mass is 710 g/mol. The molecule has 0 saturated carbocycles. The van der Waals surface area contributed by atoms with E-state index in [9.17, 15) is 27.6 Å². The van der Waals surface area contributed by atoms with Gasteiger partial charge in [-0.1, -0.05) is 45.7 Å². The summed E-state index contributed by atoms with van der Waals surface area (Å²) in [7, 11) is 0. The molecule has 1 fully saturated rings. The maximum absolute atomic E-state index is 13.3. The van der Waals surface area contributed by atoms with E-state index in [0.717, 1.165) is 4.47 Å². The molecule has 4 rings (SSSR count). The minimum absolute atomic E-state index is 0.00656. The Kier molecular flexibility index (Phi) is 10.6. The summed E-state index contributed by atoms with van der Waals surface area (Å²) in [4.78, 5) is 40.1. The van der Waals surface area contributed by atoms with Crippen LogP contribution in [0.25, 0.3) is 0 Å². The maximum atomic E-state index is 13.3. The quantitative estimate of drug-likeness (QED) is 0.206. The Labute approximate surface area is 270 Å². The van der Waals surface area contributed by atoms with E-state index in [2.05, 4.69) is 38.5 Å². The van der Waals surface area contributed by atoms with Crippen molar-refractivity contribution in [1.82, 2.24) is 5.32 Å². The van der Waals surface area contributed by atoms with E-state index in [0.29, 0.717) is 22.5 Å². The van der Waals surface area contributed by atoms with Crippen molar-refractivity contribution in [2.45, 2.75) is 32.5 Å². The summed E-state index contributed by atoms with van der Waals surface area (Å²) in [5.41, 5.74) is 2.31. The van der Waals surface area contributed by atoms with Gasteiger partial charge in [0, 0.05) is 41.1 Å². The predicted molar refractivity (Wildman–Crippen MR) is 171 cm³/mol. The molecule has 0 bridgehead atoms. The minimum atomic E-state index is -4.30. The zero-order chi connectivity index (χ0) is 32.2. The first-order valence-electron chi connectivity index (χ1n) is 13.5. The molecule has 7 nitrogen and oxygen atoms in total. The maximum Gasteiger partial charge on any atom is 0.391 e. The molecular weight excluding hydrogens is 684 g/mol. The highest BCUT2D eigenvalue weighted by Crippen LogP contribution is 2.37. The fourth-order valence-corrected chi connectivity index (χ4v) is 5.68. The summed E-state index contributed by atoms with van der Waals surface area (Å²) in [6, 6.07) is 14.5. The number of carbonyl (C=O) groups is 3. The van der Waals surface area contributed by atoms with Gasteiger partial charge in [0.2, 0.25) is 5.91 Å². The Morgan fingerprint density at radius 2 is 1.50 bits per heavy atom. The molecule has 0 unspecified atom stereocenters. The van der Waals surface area contributed by atoms with Crippen LogP contribution in [0.2, 0.25) is 10.0 Å².